The molecule has 0 unspecified atom stereocenters. The van der Waals surface area contributed by atoms with Gasteiger partial charge in [0, 0.05) is 6.08 Å². The molecule has 1 rings (SSSR count). The molecule has 4 nitrogen and oxygen atoms in total. The summed E-state index contributed by atoms with van der Waals surface area (Å²) in [5.41, 5.74) is 0. The zero-order valence-corrected chi connectivity index (χ0v) is 11.3. The van der Waals surface area contributed by atoms with Crippen molar-refractivity contribution in [2.75, 3.05) is 6.61 Å². The van der Waals surface area contributed by atoms with Crippen molar-refractivity contribution in [1.82, 2.24) is 4.57 Å². The molecule has 1 aromatic rings. The first-order valence-electron chi connectivity index (χ1n) is 5.04. The van der Waals surface area contributed by atoms with Crippen LogP contribution in [0.15, 0.2) is 31.4 Å². The number of halogens is 6. The van der Waals surface area contributed by atoms with Gasteiger partial charge in [0.2, 0.25) is 6.33 Å². The third kappa shape index (κ3) is 16.4. The summed E-state index contributed by atoms with van der Waals surface area (Å²) in [7, 11) is -8.72. The predicted octanol–water partition coefficient (Wildman–Crippen LogP) is 3.42. The van der Waals surface area contributed by atoms with Crippen LogP contribution in [-0.4, -0.2) is 17.1 Å². The molecular weight excluding hydrogens is 313 g/mol. The molecule has 0 aliphatic rings. The Bertz CT molecular complexity index is 470. The minimum absolute atomic E-state index is 0.375. The molecule has 0 atom stereocenters. The van der Waals surface area contributed by atoms with E-state index < -0.39 is 7.81 Å². The van der Waals surface area contributed by atoms with E-state index in [1.54, 1.807) is 0 Å². The molecule has 1 aromatic heterocycles. The fraction of sp³-hybridized carbons (Fsp3) is 0.333. The summed E-state index contributed by atoms with van der Waals surface area (Å²) in [5.74, 6) is -0.378. The molecule has 0 aromatic carbocycles. The summed E-state index contributed by atoms with van der Waals surface area (Å²) in [4.78, 5) is 10.7. The molecule has 0 saturated heterocycles. The molecule has 0 aliphatic carbocycles. The fourth-order valence-electron chi connectivity index (χ4n) is 0.945. The van der Waals surface area contributed by atoms with Crippen LogP contribution >= 0.6 is 7.81 Å². The first kappa shape index (κ1) is 18.4. The Labute approximate surface area is 110 Å². The number of aryl methyl sites for hydroxylation is 1. The van der Waals surface area contributed by atoms with E-state index in [2.05, 4.69) is 6.58 Å². The monoisotopic (exact) mass is 326 g/mol. The van der Waals surface area contributed by atoms with E-state index in [0.29, 0.717) is 13.2 Å². The van der Waals surface area contributed by atoms with Crippen LogP contribution in [0.4, 0.5) is 25.2 Å². The number of ether oxygens (including phenoxy) is 1. The Kier molecular flexibility index (Phi) is 5.01. The van der Waals surface area contributed by atoms with Gasteiger partial charge in [-0.3, -0.25) is 0 Å². The van der Waals surface area contributed by atoms with Gasteiger partial charge in [0.05, 0.1) is 7.05 Å². The molecule has 20 heavy (non-hydrogen) atoms. The van der Waals surface area contributed by atoms with Crippen molar-refractivity contribution in [2.24, 2.45) is 7.05 Å². The van der Waals surface area contributed by atoms with Crippen molar-refractivity contribution in [3.05, 3.63) is 31.4 Å². The van der Waals surface area contributed by atoms with E-state index in [4.69, 9.17) is 4.74 Å². The second-order valence-corrected chi connectivity index (χ2v) is 5.56. The standard InChI is InChI=1S/C9H13N2O2.F6P/c1-3-9(12)13-7-6-11-5-4-10(2)8-11;1-7(2,3,4,5)6/h3-5,8H,1,6-7H2,2H3;/q+1;-1. The summed E-state index contributed by atoms with van der Waals surface area (Å²) in [6.07, 6.45) is 6.93. The van der Waals surface area contributed by atoms with E-state index >= 15 is 0 Å². The van der Waals surface area contributed by atoms with Crippen molar-refractivity contribution in [2.45, 2.75) is 6.54 Å². The summed E-state index contributed by atoms with van der Waals surface area (Å²) in [6, 6.07) is 0. The third-order valence-corrected chi connectivity index (χ3v) is 1.58. The molecular formula is C9H13F6N2O2P. The molecule has 0 bridgehead atoms. The Morgan fingerprint density at radius 2 is 1.85 bits per heavy atom. The van der Waals surface area contributed by atoms with Crippen molar-refractivity contribution in [3.8, 4) is 0 Å². The van der Waals surface area contributed by atoms with E-state index in [9.17, 15) is 30.0 Å². The number of nitrogens with zero attached hydrogens (tertiary/aromatic N) is 2. The van der Waals surface area contributed by atoms with Crippen LogP contribution in [0.1, 0.15) is 0 Å². The van der Waals surface area contributed by atoms with E-state index in [1.165, 1.54) is 0 Å². The molecule has 0 aliphatic heterocycles. The van der Waals surface area contributed by atoms with E-state index in [-0.39, 0.29) is 5.97 Å². The molecule has 118 valence electrons. The zero-order valence-electron chi connectivity index (χ0n) is 10.4. The number of carbonyl (C=O) groups excluding carboxylic acids is 1. The average Bonchev–Trinajstić information content (AvgIpc) is 2.59. The normalized spacial score (nSPS) is 14.3. The predicted molar refractivity (Wildman–Crippen MR) is 60.3 cm³/mol. The summed E-state index contributed by atoms with van der Waals surface area (Å²) >= 11 is 0. The van der Waals surface area contributed by atoms with Gasteiger partial charge in [-0.15, -0.1) is 0 Å². The molecule has 0 radical (unpaired) electrons. The Morgan fingerprint density at radius 3 is 2.20 bits per heavy atom. The first-order chi connectivity index (χ1) is 8.67. The Balaban J connectivity index is 0.000000441. The molecule has 11 heteroatoms. The van der Waals surface area contributed by atoms with Crippen molar-refractivity contribution in [3.63, 3.8) is 0 Å². The maximum absolute atomic E-state index is 10.7. The van der Waals surface area contributed by atoms with Gasteiger partial charge >= 0.3 is 39.0 Å². The van der Waals surface area contributed by atoms with Crippen LogP contribution in [0.3, 0.4) is 0 Å². The van der Waals surface area contributed by atoms with E-state index in [0.717, 1.165) is 6.08 Å². The van der Waals surface area contributed by atoms with Gasteiger partial charge in [-0.25, -0.2) is 13.9 Å². The van der Waals surface area contributed by atoms with Crippen LogP contribution in [-0.2, 0) is 23.1 Å². The molecule has 0 saturated carbocycles. The minimum atomic E-state index is -10.7. The van der Waals surface area contributed by atoms with Crippen molar-refractivity contribution < 1.29 is 39.3 Å². The molecule has 0 spiro atoms. The van der Waals surface area contributed by atoms with Crippen molar-refractivity contribution in [1.29, 1.82) is 0 Å². The molecule has 0 amide bonds. The second-order valence-electron chi connectivity index (χ2n) is 3.65. The Hall–Kier alpha value is -1.57. The number of hydrogen-bond acceptors (Lipinski definition) is 2. The van der Waals surface area contributed by atoms with Crippen LogP contribution < -0.4 is 4.57 Å². The van der Waals surface area contributed by atoms with Crippen LogP contribution in [0.2, 0.25) is 0 Å². The topological polar surface area (TPSA) is 35.1 Å². The van der Waals surface area contributed by atoms with Gasteiger partial charge in [-0.1, -0.05) is 6.58 Å². The fourth-order valence-corrected chi connectivity index (χ4v) is 0.945. The summed E-state index contributed by atoms with van der Waals surface area (Å²) < 4.78 is 67.9. The van der Waals surface area contributed by atoms with Crippen molar-refractivity contribution >= 4 is 13.8 Å². The van der Waals surface area contributed by atoms with E-state index in [1.807, 2.05) is 34.9 Å². The van der Waals surface area contributed by atoms with Crippen LogP contribution in [0.25, 0.3) is 0 Å². The van der Waals surface area contributed by atoms with Gasteiger partial charge in [0.25, 0.3) is 0 Å². The molecule has 0 N–H and O–H groups in total. The third-order valence-electron chi connectivity index (χ3n) is 1.58. The maximum atomic E-state index is 10.7. The van der Waals surface area contributed by atoms with Gasteiger partial charge in [-0.2, -0.15) is 0 Å². The second kappa shape index (κ2) is 5.43. The molecule has 1 heterocycles. The number of rotatable bonds is 4. The number of imidazole rings is 1. The number of hydrogen-bond donors (Lipinski definition) is 0. The SMILES string of the molecule is C=CC(=O)OCCn1cc[n+](C)c1.F[P-](F)(F)(F)(F)F. The summed E-state index contributed by atoms with van der Waals surface area (Å²) in [6.45, 7) is 4.35. The number of esters is 1. The zero-order chi connectivity index (χ0) is 16.1. The first-order valence-corrected chi connectivity index (χ1v) is 7.07. The average molecular weight is 326 g/mol. The number of carbonyl (C=O) groups is 1. The van der Waals surface area contributed by atoms with Crippen LogP contribution in [0, 0.1) is 0 Å². The van der Waals surface area contributed by atoms with Gasteiger partial charge < -0.3 is 4.74 Å². The quantitative estimate of drug-likeness (QED) is 0.279. The van der Waals surface area contributed by atoms with Gasteiger partial charge in [-0.05, 0) is 0 Å². The van der Waals surface area contributed by atoms with Crippen LogP contribution in [0.5, 0.6) is 0 Å². The summed E-state index contributed by atoms with van der Waals surface area (Å²) in [5, 5.41) is 0. The van der Waals surface area contributed by atoms with Gasteiger partial charge in [0.15, 0.2) is 0 Å². The number of aromatic nitrogens is 2. The molecule has 0 fully saturated rings. The van der Waals surface area contributed by atoms with Gasteiger partial charge in [0.1, 0.15) is 25.5 Å². The Morgan fingerprint density at radius 1 is 1.35 bits per heavy atom.